The summed E-state index contributed by atoms with van der Waals surface area (Å²) in [5.41, 5.74) is 4.34. The summed E-state index contributed by atoms with van der Waals surface area (Å²) in [5.74, 6) is 0.707. The fraction of sp³-hybridized carbons (Fsp3) is 0.115. The molecule has 0 aliphatic heterocycles. The van der Waals surface area contributed by atoms with Gasteiger partial charge in [0.2, 0.25) is 0 Å². The minimum atomic E-state index is -0.469. The van der Waals surface area contributed by atoms with E-state index in [1.54, 1.807) is 36.5 Å². The molecule has 4 aromatic rings. The fourth-order valence-corrected chi connectivity index (χ4v) is 3.64. The average molecular weight is 521 g/mol. The number of pyridine rings is 1. The Hall–Kier alpha value is -4.70. The van der Waals surface area contributed by atoms with Gasteiger partial charge in [-0.1, -0.05) is 29.8 Å². The Labute approximate surface area is 216 Å². The molecular formula is C26H21ClN4O6. The normalized spacial score (nSPS) is 10.9. The zero-order chi connectivity index (χ0) is 26.2. The summed E-state index contributed by atoms with van der Waals surface area (Å²) in [5, 5.41) is 15.9. The molecule has 0 saturated carbocycles. The van der Waals surface area contributed by atoms with Gasteiger partial charge in [0.15, 0.2) is 18.1 Å². The van der Waals surface area contributed by atoms with Crippen molar-refractivity contribution in [2.45, 2.75) is 6.61 Å². The smallest absolute Gasteiger partial charge is 0.277 e. The van der Waals surface area contributed by atoms with Crippen LogP contribution in [0, 0.1) is 10.1 Å². The van der Waals surface area contributed by atoms with Crippen molar-refractivity contribution >= 4 is 40.3 Å². The number of aromatic nitrogens is 1. The monoisotopic (exact) mass is 520 g/mol. The summed E-state index contributed by atoms with van der Waals surface area (Å²) >= 11 is 6.38. The Kier molecular flexibility index (Phi) is 8.11. The fourth-order valence-electron chi connectivity index (χ4n) is 3.37. The number of para-hydroxylation sites is 1. The number of hydrogen-bond acceptors (Lipinski definition) is 8. The minimum absolute atomic E-state index is 0.00720. The number of nitro groups is 1. The molecule has 188 valence electrons. The number of nitrogens with zero attached hydrogens (tertiary/aromatic N) is 3. The summed E-state index contributed by atoms with van der Waals surface area (Å²) in [6, 6.07) is 18.4. The van der Waals surface area contributed by atoms with Crippen molar-refractivity contribution in [2.75, 3.05) is 13.7 Å². The van der Waals surface area contributed by atoms with E-state index in [2.05, 4.69) is 15.5 Å². The number of hydrogen-bond donors (Lipinski definition) is 1. The molecule has 3 aromatic carbocycles. The molecule has 11 heteroatoms. The van der Waals surface area contributed by atoms with Crippen LogP contribution >= 0.6 is 11.6 Å². The van der Waals surface area contributed by atoms with Crippen LogP contribution in [-0.2, 0) is 11.4 Å². The van der Waals surface area contributed by atoms with Gasteiger partial charge in [-0.2, -0.15) is 5.10 Å². The van der Waals surface area contributed by atoms with E-state index < -0.39 is 10.8 Å². The van der Waals surface area contributed by atoms with Gasteiger partial charge in [-0.3, -0.25) is 19.9 Å². The van der Waals surface area contributed by atoms with Crippen molar-refractivity contribution in [2.24, 2.45) is 5.10 Å². The third-order valence-corrected chi connectivity index (χ3v) is 5.42. The van der Waals surface area contributed by atoms with Crippen LogP contribution in [0.4, 0.5) is 5.69 Å². The highest BCUT2D eigenvalue weighted by Gasteiger charge is 2.13. The predicted molar refractivity (Wildman–Crippen MR) is 138 cm³/mol. The molecule has 1 heterocycles. The number of ether oxygens (including phenoxy) is 3. The van der Waals surface area contributed by atoms with E-state index in [-0.39, 0.29) is 23.9 Å². The zero-order valence-electron chi connectivity index (χ0n) is 19.6. The van der Waals surface area contributed by atoms with Gasteiger partial charge in [0.05, 0.1) is 23.3 Å². The molecule has 1 N–H and O–H groups in total. The van der Waals surface area contributed by atoms with Crippen LogP contribution < -0.4 is 19.6 Å². The van der Waals surface area contributed by atoms with Crippen molar-refractivity contribution in [1.82, 2.24) is 10.4 Å². The third kappa shape index (κ3) is 6.50. The molecule has 0 fully saturated rings. The number of amides is 1. The van der Waals surface area contributed by atoms with Gasteiger partial charge < -0.3 is 14.2 Å². The Balaban J connectivity index is 1.34. The van der Waals surface area contributed by atoms with E-state index in [1.807, 2.05) is 24.3 Å². The van der Waals surface area contributed by atoms with Crippen LogP contribution in [0.25, 0.3) is 10.9 Å². The third-order valence-electron chi connectivity index (χ3n) is 5.14. The first-order valence-electron chi connectivity index (χ1n) is 11.0. The van der Waals surface area contributed by atoms with Crippen LogP contribution in [-0.4, -0.2) is 35.7 Å². The first kappa shape index (κ1) is 25.4. The Morgan fingerprint density at radius 3 is 2.65 bits per heavy atom. The van der Waals surface area contributed by atoms with Crippen LogP contribution in [0.1, 0.15) is 11.1 Å². The maximum absolute atomic E-state index is 12.2. The van der Waals surface area contributed by atoms with E-state index in [4.69, 9.17) is 25.8 Å². The number of carbonyl (C=O) groups is 1. The molecule has 0 aliphatic carbocycles. The largest absolute Gasteiger partial charge is 0.493 e. The number of benzene rings is 3. The number of non-ortho nitro benzene ring substituents is 1. The second-order valence-electron chi connectivity index (χ2n) is 7.66. The molecule has 0 atom stereocenters. The second-order valence-corrected chi connectivity index (χ2v) is 8.07. The molecule has 0 spiro atoms. The van der Waals surface area contributed by atoms with E-state index in [0.29, 0.717) is 28.3 Å². The molecule has 1 amide bonds. The SMILES string of the molecule is COc1cc(/C=N/NC(=O)COc2cccc3cccnc23)cc(Cl)c1OCc1ccc([N+](=O)[O-])cc1. The lowest BCUT2D eigenvalue weighted by atomic mass is 10.2. The average Bonchev–Trinajstić information content (AvgIpc) is 2.91. The number of methoxy groups -OCH3 is 1. The molecular weight excluding hydrogens is 500 g/mol. The quantitative estimate of drug-likeness (QED) is 0.179. The number of fused-ring (bicyclic) bond motifs is 1. The Morgan fingerprint density at radius 1 is 1.11 bits per heavy atom. The molecule has 1 aromatic heterocycles. The molecule has 0 aliphatic rings. The van der Waals surface area contributed by atoms with E-state index in [1.165, 1.54) is 25.5 Å². The van der Waals surface area contributed by atoms with Crippen molar-refractivity contribution in [3.05, 3.63) is 99.2 Å². The van der Waals surface area contributed by atoms with E-state index in [9.17, 15) is 14.9 Å². The molecule has 0 saturated heterocycles. The highest BCUT2D eigenvalue weighted by atomic mass is 35.5. The van der Waals surface area contributed by atoms with Crippen LogP contribution in [0.5, 0.6) is 17.2 Å². The summed E-state index contributed by atoms with van der Waals surface area (Å²) < 4.78 is 16.8. The number of rotatable bonds is 10. The second kappa shape index (κ2) is 11.8. The van der Waals surface area contributed by atoms with Gasteiger partial charge in [-0.05, 0) is 47.5 Å². The lowest BCUT2D eigenvalue weighted by molar-refractivity contribution is -0.384. The van der Waals surface area contributed by atoms with E-state index >= 15 is 0 Å². The van der Waals surface area contributed by atoms with Crippen molar-refractivity contribution in [3.8, 4) is 17.2 Å². The molecule has 37 heavy (non-hydrogen) atoms. The topological polar surface area (TPSA) is 125 Å². The first-order chi connectivity index (χ1) is 17.9. The van der Waals surface area contributed by atoms with E-state index in [0.717, 1.165) is 10.9 Å². The van der Waals surface area contributed by atoms with Gasteiger partial charge in [0.1, 0.15) is 17.9 Å². The lowest BCUT2D eigenvalue weighted by Crippen LogP contribution is -2.24. The van der Waals surface area contributed by atoms with Crippen molar-refractivity contribution in [1.29, 1.82) is 0 Å². The zero-order valence-corrected chi connectivity index (χ0v) is 20.3. The van der Waals surface area contributed by atoms with Gasteiger partial charge in [-0.15, -0.1) is 0 Å². The summed E-state index contributed by atoms with van der Waals surface area (Å²) in [6.07, 6.45) is 3.07. The minimum Gasteiger partial charge on any atom is -0.493 e. The van der Waals surface area contributed by atoms with Crippen LogP contribution in [0.3, 0.4) is 0 Å². The highest BCUT2D eigenvalue weighted by molar-refractivity contribution is 6.32. The highest BCUT2D eigenvalue weighted by Crippen LogP contribution is 2.36. The first-order valence-corrected chi connectivity index (χ1v) is 11.3. The van der Waals surface area contributed by atoms with Crippen LogP contribution in [0.2, 0.25) is 5.02 Å². The van der Waals surface area contributed by atoms with Crippen LogP contribution in [0.15, 0.2) is 78.0 Å². The molecule has 0 bridgehead atoms. The Morgan fingerprint density at radius 2 is 1.89 bits per heavy atom. The molecule has 0 radical (unpaired) electrons. The van der Waals surface area contributed by atoms with Gasteiger partial charge in [0.25, 0.3) is 11.6 Å². The number of nitrogens with one attached hydrogen (secondary N) is 1. The summed E-state index contributed by atoms with van der Waals surface area (Å²) in [4.78, 5) is 26.8. The number of carbonyl (C=O) groups excluding carboxylic acids is 1. The molecule has 10 nitrogen and oxygen atoms in total. The summed E-state index contributed by atoms with van der Waals surface area (Å²) in [6.45, 7) is -0.115. The number of nitro benzene ring substituents is 1. The van der Waals surface area contributed by atoms with Gasteiger partial charge >= 0.3 is 0 Å². The molecule has 4 rings (SSSR count). The summed E-state index contributed by atoms with van der Waals surface area (Å²) in [7, 11) is 1.46. The molecule has 0 unspecified atom stereocenters. The van der Waals surface area contributed by atoms with Gasteiger partial charge in [0, 0.05) is 23.7 Å². The Bertz CT molecular complexity index is 1450. The lowest BCUT2D eigenvalue weighted by Gasteiger charge is -2.13. The number of halogens is 1. The maximum Gasteiger partial charge on any atom is 0.277 e. The van der Waals surface area contributed by atoms with Crippen molar-refractivity contribution in [3.63, 3.8) is 0 Å². The maximum atomic E-state index is 12.2. The van der Waals surface area contributed by atoms with Crippen molar-refractivity contribution < 1.29 is 23.9 Å². The standard InChI is InChI=1S/C26H21ClN4O6/c1-35-23-13-18(12-21(27)26(23)37-15-17-7-9-20(10-8-17)31(33)34)14-29-30-24(32)16-36-22-6-2-4-19-5-3-11-28-25(19)22/h2-14H,15-16H2,1H3,(H,30,32)/b29-14+. The predicted octanol–water partition coefficient (Wildman–Crippen LogP) is 4.91. The number of hydrazone groups is 1. The van der Waals surface area contributed by atoms with Gasteiger partial charge in [-0.25, -0.2) is 5.43 Å².